The van der Waals surface area contributed by atoms with Crippen molar-refractivity contribution in [3.8, 4) is 55.9 Å². The molecule has 0 spiro atoms. The molecule has 11 aromatic carbocycles. The van der Waals surface area contributed by atoms with Crippen molar-refractivity contribution < 1.29 is 0 Å². The second-order valence-electron chi connectivity index (χ2n) is 18.9. The minimum Gasteiger partial charge on any atom is -0.309 e. The molecule has 0 N–H and O–H groups in total. The smallest absolute Gasteiger partial charge is 0.0547 e. The fourth-order valence-corrected chi connectivity index (χ4v) is 11.8. The maximum absolute atomic E-state index is 4.43. The van der Waals surface area contributed by atoms with Crippen molar-refractivity contribution >= 4 is 86.7 Å². The summed E-state index contributed by atoms with van der Waals surface area (Å²) in [7, 11) is 0. The molecule has 0 fully saturated rings. The molecule has 72 heavy (non-hydrogen) atoms. The van der Waals surface area contributed by atoms with Gasteiger partial charge in [0, 0.05) is 68.5 Å². The summed E-state index contributed by atoms with van der Waals surface area (Å²) in [5.74, 6) is 0. The molecule has 334 valence electrons. The Morgan fingerprint density at radius 3 is 1.07 bits per heavy atom. The van der Waals surface area contributed by atoms with E-state index in [9.17, 15) is 0 Å². The summed E-state index contributed by atoms with van der Waals surface area (Å²) in [6.45, 7) is 0. The third-order valence-electron chi connectivity index (χ3n) is 15.0. The molecule has 0 amide bonds. The second-order valence-corrected chi connectivity index (χ2v) is 18.9. The minimum atomic E-state index is 1.10. The normalized spacial score (nSPS) is 11.9. The molecule has 0 radical (unpaired) electrons. The topological polar surface area (TPSA) is 35.6 Å². The predicted octanol–water partition coefficient (Wildman–Crippen LogP) is 18.0. The second kappa shape index (κ2) is 16.0. The number of rotatable bonds is 6. The Bertz CT molecular complexity index is 4320. The van der Waals surface area contributed by atoms with Gasteiger partial charge >= 0.3 is 0 Å². The highest BCUT2D eigenvalue weighted by Gasteiger charge is 2.23. The van der Waals surface area contributed by atoms with Gasteiger partial charge in [-0.3, -0.25) is 9.97 Å². The van der Waals surface area contributed by atoms with Crippen LogP contribution in [0.25, 0.3) is 143 Å². The summed E-state index contributed by atoms with van der Waals surface area (Å²) in [5, 5.41) is 14.8. The molecule has 15 aromatic rings. The summed E-state index contributed by atoms with van der Waals surface area (Å²) in [6.07, 6.45) is 7.54. The first-order valence-corrected chi connectivity index (χ1v) is 24.6. The molecule has 0 aliphatic rings. The molecule has 0 aliphatic heterocycles. The number of benzene rings is 11. The molecule has 0 saturated heterocycles. The van der Waals surface area contributed by atoms with E-state index in [1.54, 1.807) is 0 Å². The van der Waals surface area contributed by atoms with Crippen LogP contribution in [0.4, 0.5) is 0 Å². The third kappa shape index (κ3) is 6.12. The number of hydrogen-bond acceptors (Lipinski definition) is 2. The zero-order valence-electron chi connectivity index (χ0n) is 39.0. The highest BCUT2D eigenvalue weighted by Crippen LogP contribution is 2.48. The molecule has 0 unspecified atom stereocenters. The van der Waals surface area contributed by atoms with Gasteiger partial charge in [0.2, 0.25) is 0 Å². The Hall–Kier alpha value is -9.64. The Morgan fingerprint density at radius 2 is 0.653 bits per heavy atom. The number of aromatic nitrogens is 4. The number of para-hydroxylation sites is 4. The average molecular weight is 915 g/mol. The van der Waals surface area contributed by atoms with Crippen LogP contribution < -0.4 is 0 Å². The molecule has 4 heteroatoms. The molecule has 15 rings (SSSR count). The molecule has 0 bridgehead atoms. The monoisotopic (exact) mass is 914 g/mol. The van der Waals surface area contributed by atoms with Crippen molar-refractivity contribution in [2.24, 2.45) is 0 Å². The van der Waals surface area contributed by atoms with E-state index >= 15 is 0 Å². The van der Waals surface area contributed by atoms with E-state index in [4.69, 9.17) is 0 Å². The van der Waals surface area contributed by atoms with Crippen molar-refractivity contribution in [2.75, 3.05) is 0 Å². The summed E-state index contributed by atoms with van der Waals surface area (Å²) in [5.41, 5.74) is 16.3. The predicted molar refractivity (Wildman–Crippen MR) is 302 cm³/mol. The van der Waals surface area contributed by atoms with E-state index in [2.05, 4.69) is 237 Å². The van der Waals surface area contributed by atoms with Crippen LogP contribution in [-0.4, -0.2) is 19.1 Å². The van der Waals surface area contributed by atoms with Crippen LogP contribution in [0, 0.1) is 0 Å². The Labute approximate surface area is 415 Å². The quantitative estimate of drug-likeness (QED) is 0.123. The van der Waals surface area contributed by atoms with Gasteiger partial charge in [0.1, 0.15) is 0 Å². The molecular formula is C68H42N4. The van der Waals surface area contributed by atoms with Gasteiger partial charge in [0.15, 0.2) is 0 Å². The molecule has 4 aromatic heterocycles. The lowest BCUT2D eigenvalue weighted by molar-refractivity contribution is 1.18. The van der Waals surface area contributed by atoms with Gasteiger partial charge in [-0.2, -0.15) is 0 Å². The van der Waals surface area contributed by atoms with Gasteiger partial charge in [0.05, 0.1) is 22.1 Å². The minimum absolute atomic E-state index is 1.10. The van der Waals surface area contributed by atoms with Crippen LogP contribution in [0.15, 0.2) is 255 Å². The maximum atomic E-state index is 4.43. The van der Waals surface area contributed by atoms with E-state index in [0.29, 0.717) is 0 Å². The molecular weight excluding hydrogens is 873 g/mol. The van der Waals surface area contributed by atoms with Gasteiger partial charge in [-0.05, 0) is 162 Å². The molecule has 0 saturated carbocycles. The third-order valence-corrected chi connectivity index (χ3v) is 15.0. The van der Waals surface area contributed by atoms with Gasteiger partial charge in [-0.25, -0.2) is 0 Å². The zero-order chi connectivity index (χ0) is 47.3. The van der Waals surface area contributed by atoms with Crippen LogP contribution in [0.2, 0.25) is 0 Å². The van der Waals surface area contributed by atoms with E-state index in [-0.39, 0.29) is 0 Å². The van der Waals surface area contributed by atoms with Crippen LogP contribution >= 0.6 is 0 Å². The summed E-state index contributed by atoms with van der Waals surface area (Å²) in [4.78, 5) is 8.86. The van der Waals surface area contributed by atoms with Gasteiger partial charge in [-0.1, -0.05) is 146 Å². The van der Waals surface area contributed by atoms with Crippen LogP contribution in [0.5, 0.6) is 0 Å². The first-order chi connectivity index (χ1) is 35.7. The molecule has 0 aliphatic carbocycles. The van der Waals surface area contributed by atoms with E-state index in [1.165, 1.54) is 109 Å². The maximum Gasteiger partial charge on any atom is 0.0547 e. The van der Waals surface area contributed by atoms with E-state index < -0.39 is 0 Å². The van der Waals surface area contributed by atoms with Crippen LogP contribution in [0.1, 0.15) is 0 Å². The van der Waals surface area contributed by atoms with Crippen molar-refractivity contribution in [1.82, 2.24) is 19.1 Å². The van der Waals surface area contributed by atoms with Crippen LogP contribution in [-0.2, 0) is 0 Å². The molecule has 4 heterocycles. The molecule has 4 nitrogen and oxygen atoms in total. The van der Waals surface area contributed by atoms with Crippen LogP contribution in [0.3, 0.4) is 0 Å². The molecule has 0 atom stereocenters. The number of hydrogen-bond donors (Lipinski definition) is 0. The van der Waals surface area contributed by atoms with Gasteiger partial charge < -0.3 is 9.13 Å². The lowest BCUT2D eigenvalue weighted by atomic mass is 9.86. The Kier molecular flexibility index (Phi) is 8.92. The average Bonchev–Trinajstić information content (AvgIpc) is 3.99. The highest BCUT2D eigenvalue weighted by atomic mass is 15.0. The fraction of sp³-hybridized carbons (Fsp3) is 0. The van der Waals surface area contributed by atoms with Crippen molar-refractivity contribution in [3.63, 3.8) is 0 Å². The van der Waals surface area contributed by atoms with E-state index in [0.717, 1.165) is 33.6 Å². The first-order valence-electron chi connectivity index (χ1n) is 24.6. The van der Waals surface area contributed by atoms with Gasteiger partial charge in [-0.15, -0.1) is 0 Å². The fourth-order valence-electron chi connectivity index (χ4n) is 11.8. The summed E-state index contributed by atoms with van der Waals surface area (Å²) >= 11 is 0. The Morgan fingerprint density at radius 1 is 0.250 bits per heavy atom. The number of nitrogens with zero attached hydrogens (tertiary/aromatic N) is 4. The number of pyridine rings is 2. The zero-order valence-corrected chi connectivity index (χ0v) is 39.0. The largest absolute Gasteiger partial charge is 0.309 e. The van der Waals surface area contributed by atoms with E-state index in [1.807, 2.05) is 36.9 Å². The highest BCUT2D eigenvalue weighted by molar-refractivity contribution is 6.33. The van der Waals surface area contributed by atoms with Gasteiger partial charge in [0.25, 0.3) is 0 Å². The standard InChI is InChI=1S/C68H42N4/c1-3-15-51(16-4-1)71-61-21-9-7-19-55(61)67-63(71)33-31-53-57-37-50-40-60(46-29-25-44(26-30-46)48-14-12-36-70-42-48)66-54(32-34-64-68(66)56-20-8-10-22-62(56)72(64)52-17-5-2-6-18-52)58(50)38-49(57)39-59(65(53)67)45-27-23-43(24-28-45)47-13-11-35-69-41-47/h1-42H. The van der Waals surface area contributed by atoms with Crippen molar-refractivity contribution in [2.45, 2.75) is 0 Å². The summed E-state index contributed by atoms with van der Waals surface area (Å²) in [6, 6.07) is 85.0. The Balaban J connectivity index is 1.06. The summed E-state index contributed by atoms with van der Waals surface area (Å²) < 4.78 is 4.86. The van der Waals surface area contributed by atoms with Crippen molar-refractivity contribution in [3.05, 3.63) is 255 Å². The first kappa shape index (κ1) is 40.3. The number of fused-ring (bicyclic) bond motifs is 14. The van der Waals surface area contributed by atoms with Crippen molar-refractivity contribution in [1.29, 1.82) is 0 Å². The lowest BCUT2D eigenvalue weighted by Gasteiger charge is -2.17. The SMILES string of the molecule is c1ccc(-n2c3ccccc3c3c4c(-c5ccc(-c6cccnc6)cc5)cc5cc6c(cc(-c7ccc(-c8cccnc8)cc7)c7c6ccc6c7c7ccccc7n6-c6ccccc6)cc5c4ccc32)cc1. The lowest BCUT2D eigenvalue weighted by Crippen LogP contribution is -1.94.